The largest absolute Gasteiger partial charge is 0.385 e. The summed E-state index contributed by atoms with van der Waals surface area (Å²) < 4.78 is 0. The lowest BCUT2D eigenvalue weighted by molar-refractivity contribution is 0.0169. The van der Waals surface area contributed by atoms with E-state index in [2.05, 4.69) is 13.8 Å². The van der Waals surface area contributed by atoms with E-state index in [4.69, 9.17) is 5.73 Å². The summed E-state index contributed by atoms with van der Waals surface area (Å²) in [4.78, 5) is 0. The quantitative estimate of drug-likeness (QED) is 0.776. The Kier molecular flexibility index (Phi) is 4.97. The lowest BCUT2D eigenvalue weighted by Crippen LogP contribution is -2.25. The SMILES string of the molecule is CCCC(O)(CCC)c1cccc(CN)c1. The zero-order valence-electron chi connectivity index (χ0n) is 10.4. The van der Waals surface area contributed by atoms with Gasteiger partial charge in [0.15, 0.2) is 0 Å². The van der Waals surface area contributed by atoms with Crippen LogP contribution in [0.3, 0.4) is 0 Å². The minimum atomic E-state index is -0.672. The van der Waals surface area contributed by atoms with Gasteiger partial charge in [0.2, 0.25) is 0 Å². The summed E-state index contributed by atoms with van der Waals surface area (Å²) in [7, 11) is 0. The molecule has 0 aliphatic heterocycles. The molecule has 2 nitrogen and oxygen atoms in total. The highest BCUT2D eigenvalue weighted by Gasteiger charge is 2.26. The van der Waals surface area contributed by atoms with Crippen LogP contribution in [0, 0.1) is 0 Å². The second-order valence-corrected chi connectivity index (χ2v) is 4.44. The maximum Gasteiger partial charge on any atom is 0.0896 e. The van der Waals surface area contributed by atoms with Gasteiger partial charge < -0.3 is 10.8 Å². The molecule has 90 valence electrons. The number of aliphatic hydroxyl groups is 1. The zero-order valence-corrected chi connectivity index (χ0v) is 10.4. The van der Waals surface area contributed by atoms with Crippen LogP contribution in [0.5, 0.6) is 0 Å². The maximum absolute atomic E-state index is 10.7. The average Bonchev–Trinajstić information content (AvgIpc) is 2.30. The van der Waals surface area contributed by atoms with E-state index in [1.807, 2.05) is 24.3 Å². The monoisotopic (exact) mass is 221 g/mol. The fourth-order valence-electron chi connectivity index (χ4n) is 2.23. The van der Waals surface area contributed by atoms with Crippen LogP contribution < -0.4 is 5.73 Å². The lowest BCUT2D eigenvalue weighted by Gasteiger charge is -2.28. The highest BCUT2D eigenvalue weighted by molar-refractivity contribution is 5.28. The molecule has 0 heterocycles. The number of hydrogen-bond acceptors (Lipinski definition) is 2. The molecule has 1 aromatic rings. The van der Waals surface area contributed by atoms with Crippen LogP contribution in [0.1, 0.15) is 50.7 Å². The molecular formula is C14H23NO. The standard InChI is InChI=1S/C14H23NO/c1-3-8-14(16,9-4-2)13-7-5-6-12(10-13)11-15/h5-7,10,16H,3-4,8-9,11,15H2,1-2H3. The first-order valence-corrected chi connectivity index (χ1v) is 6.18. The molecule has 0 aliphatic carbocycles. The Labute approximate surface area is 98.5 Å². The van der Waals surface area contributed by atoms with Gasteiger partial charge in [-0.3, -0.25) is 0 Å². The molecule has 0 fully saturated rings. The predicted molar refractivity (Wildman–Crippen MR) is 68.0 cm³/mol. The summed E-state index contributed by atoms with van der Waals surface area (Å²) in [5.41, 5.74) is 7.06. The molecule has 0 amide bonds. The van der Waals surface area contributed by atoms with Crippen LogP contribution >= 0.6 is 0 Å². The molecule has 0 spiro atoms. The average molecular weight is 221 g/mol. The van der Waals surface area contributed by atoms with Crippen LogP contribution in [0.15, 0.2) is 24.3 Å². The third-order valence-electron chi connectivity index (χ3n) is 3.03. The van der Waals surface area contributed by atoms with Gasteiger partial charge in [0.1, 0.15) is 0 Å². The zero-order chi connectivity index (χ0) is 12.0. The summed E-state index contributed by atoms with van der Waals surface area (Å²) in [6.45, 7) is 4.74. The number of rotatable bonds is 6. The van der Waals surface area contributed by atoms with Crippen molar-refractivity contribution in [3.63, 3.8) is 0 Å². The smallest absolute Gasteiger partial charge is 0.0896 e. The van der Waals surface area contributed by atoms with Crippen LogP contribution in [0.2, 0.25) is 0 Å². The minimum absolute atomic E-state index is 0.530. The van der Waals surface area contributed by atoms with Crippen LogP contribution in [-0.4, -0.2) is 5.11 Å². The Morgan fingerprint density at radius 3 is 2.31 bits per heavy atom. The van der Waals surface area contributed by atoms with Gasteiger partial charge in [-0.1, -0.05) is 51.0 Å². The van der Waals surface area contributed by atoms with E-state index in [-0.39, 0.29) is 0 Å². The number of benzene rings is 1. The summed E-state index contributed by atoms with van der Waals surface area (Å²) >= 11 is 0. The van der Waals surface area contributed by atoms with Crippen molar-refractivity contribution in [2.45, 2.75) is 51.7 Å². The summed E-state index contributed by atoms with van der Waals surface area (Å²) in [5, 5.41) is 10.7. The van der Waals surface area contributed by atoms with Gasteiger partial charge in [0, 0.05) is 6.54 Å². The van der Waals surface area contributed by atoms with Gasteiger partial charge in [-0.25, -0.2) is 0 Å². The van der Waals surface area contributed by atoms with E-state index in [1.54, 1.807) is 0 Å². The highest BCUT2D eigenvalue weighted by atomic mass is 16.3. The van der Waals surface area contributed by atoms with E-state index in [0.717, 1.165) is 36.8 Å². The molecule has 0 unspecified atom stereocenters. The Hall–Kier alpha value is -0.860. The molecule has 0 bridgehead atoms. The molecule has 0 aromatic heterocycles. The van der Waals surface area contributed by atoms with Gasteiger partial charge in [0.05, 0.1) is 5.60 Å². The number of hydrogen-bond donors (Lipinski definition) is 2. The second-order valence-electron chi connectivity index (χ2n) is 4.44. The molecule has 0 atom stereocenters. The van der Waals surface area contributed by atoms with E-state index >= 15 is 0 Å². The van der Waals surface area contributed by atoms with Crippen molar-refractivity contribution in [1.29, 1.82) is 0 Å². The van der Waals surface area contributed by atoms with Crippen molar-refractivity contribution in [2.75, 3.05) is 0 Å². The molecule has 0 radical (unpaired) electrons. The van der Waals surface area contributed by atoms with Gasteiger partial charge in [-0.2, -0.15) is 0 Å². The van der Waals surface area contributed by atoms with Crippen molar-refractivity contribution in [3.8, 4) is 0 Å². The van der Waals surface area contributed by atoms with Crippen molar-refractivity contribution in [2.24, 2.45) is 5.73 Å². The molecule has 0 saturated heterocycles. The summed E-state index contributed by atoms with van der Waals surface area (Å²) in [6, 6.07) is 8.02. The minimum Gasteiger partial charge on any atom is -0.385 e. The third kappa shape index (κ3) is 3.06. The molecule has 0 aliphatic rings. The first-order chi connectivity index (χ1) is 7.66. The normalized spacial score (nSPS) is 11.8. The Morgan fingerprint density at radius 2 is 1.81 bits per heavy atom. The molecule has 1 aromatic carbocycles. The van der Waals surface area contributed by atoms with Crippen LogP contribution in [0.4, 0.5) is 0 Å². The molecular weight excluding hydrogens is 198 g/mol. The van der Waals surface area contributed by atoms with Crippen molar-refractivity contribution in [1.82, 2.24) is 0 Å². The summed E-state index contributed by atoms with van der Waals surface area (Å²) in [5.74, 6) is 0. The van der Waals surface area contributed by atoms with Gasteiger partial charge in [0.25, 0.3) is 0 Å². The lowest BCUT2D eigenvalue weighted by atomic mass is 9.84. The summed E-state index contributed by atoms with van der Waals surface area (Å²) in [6.07, 6.45) is 3.61. The second kappa shape index (κ2) is 6.02. The van der Waals surface area contributed by atoms with E-state index in [9.17, 15) is 5.11 Å². The number of nitrogens with two attached hydrogens (primary N) is 1. The molecule has 2 heteroatoms. The Morgan fingerprint density at radius 1 is 1.19 bits per heavy atom. The maximum atomic E-state index is 10.7. The molecule has 1 rings (SSSR count). The molecule has 16 heavy (non-hydrogen) atoms. The fraction of sp³-hybridized carbons (Fsp3) is 0.571. The van der Waals surface area contributed by atoms with E-state index in [1.165, 1.54) is 0 Å². The van der Waals surface area contributed by atoms with Crippen molar-refractivity contribution >= 4 is 0 Å². The van der Waals surface area contributed by atoms with Gasteiger partial charge in [-0.15, -0.1) is 0 Å². The van der Waals surface area contributed by atoms with Gasteiger partial charge in [-0.05, 0) is 24.0 Å². The highest BCUT2D eigenvalue weighted by Crippen LogP contribution is 2.31. The van der Waals surface area contributed by atoms with Crippen LogP contribution in [-0.2, 0) is 12.1 Å². The van der Waals surface area contributed by atoms with Gasteiger partial charge >= 0.3 is 0 Å². The molecule has 0 saturated carbocycles. The fourth-order valence-corrected chi connectivity index (χ4v) is 2.23. The predicted octanol–water partition coefficient (Wildman–Crippen LogP) is 2.93. The molecule has 3 N–H and O–H groups in total. The van der Waals surface area contributed by atoms with E-state index in [0.29, 0.717) is 6.54 Å². The first-order valence-electron chi connectivity index (χ1n) is 6.18. The first kappa shape index (κ1) is 13.2. The third-order valence-corrected chi connectivity index (χ3v) is 3.03. The topological polar surface area (TPSA) is 46.2 Å². The Balaban J connectivity index is 2.99. The Bertz CT molecular complexity index is 316. The van der Waals surface area contributed by atoms with E-state index < -0.39 is 5.60 Å². The van der Waals surface area contributed by atoms with Crippen LogP contribution in [0.25, 0.3) is 0 Å². The van der Waals surface area contributed by atoms with Crippen molar-refractivity contribution < 1.29 is 5.11 Å². The van der Waals surface area contributed by atoms with Crippen molar-refractivity contribution in [3.05, 3.63) is 35.4 Å².